The fraction of sp³-hybridized carbons (Fsp3) is 0.739. The number of hydrogen-bond donors (Lipinski definition) is 3. The normalized spacial score (nSPS) is 32.7. The molecule has 1 fully saturated rings. The number of esters is 1. The maximum absolute atomic E-state index is 14.0. The Morgan fingerprint density at radius 1 is 1.06 bits per heavy atom. The highest BCUT2D eigenvalue weighted by Gasteiger charge is 2.45. The average molecular weight is 907 g/mol. The lowest BCUT2D eigenvalue weighted by Crippen LogP contribution is -2.59. The van der Waals surface area contributed by atoms with Crippen LogP contribution < -0.4 is 0 Å². The third kappa shape index (κ3) is 14.8. The molecule has 2 aromatic rings. The van der Waals surface area contributed by atoms with E-state index in [1.165, 1.54) is 14.2 Å². The van der Waals surface area contributed by atoms with E-state index in [0.29, 0.717) is 32.2 Å². The van der Waals surface area contributed by atoms with E-state index < -0.39 is 85.3 Å². The molecule has 7 unspecified atom stereocenters. The van der Waals surface area contributed by atoms with E-state index in [-0.39, 0.29) is 37.3 Å². The number of ether oxygens (including phenoxy) is 7. The van der Waals surface area contributed by atoms with Gasteiger partial charge in [-0.15, -0.1) is 5.10 Å². The molecule has 0 radical (unpaired) electrons. The Kier molecular flexibility index (Phi) is 21.5. The number of ketones is 1. The number of rotatable bonds is 18. The van der Waals surface area contributed by atoms with Crippen molar-refractivity contribution in [3.8, 4) is 11.3 Å². The van der Waals surface area contributed by atoms with Gasteiger partial charge in [0.2, 0.25) is 0 Å². The molecule has 0 saturated carbocycles. The summed E-state index contributed by atoms with van der Waals surface area (Å²) in [6.07, 6.45) is 0.796. The Balaban J connectivity index is 1.69. The van der Waals surface area contributed by atoms with Crippen LogP contribution in [0.1, 0.15) is 80.6 Å². The van der Waals surface area contributed by atoms with Crippen LogP contribution in [0.25, 0.3) is 11.3 Å². The van der Waals surface area contributed by atoms with E-state index in [4.69, 9.17) is 33.2 Å². The summed E-state index contributed by atoms with van der Waals surface area (Å²) in [5.41, 5.74) is 2.51. The number of nitrogens with zero attached hydrogens (tertiary/aromatic N) is 4. The molecule has 63 heavy (non-hydrogen) atoms. The highest BCUT2D eigenvalue weighted by molar-refractivity contribution is 7.08. The van der Waals surface area contributed by atoms with Crippen LogP contribution in [0, 0.1) is 23.7 Å². The number of likely N-dealkylation sites (N-methyl/N-ethyl adjacent to an activating group) is 1. The van der Waals surface area contributed by atoms with Gasteiger partial charge >= 0.3 is 5.97 Å². The Labute approximate surface area is 377 Å². The van der Waals surface area contributed by atoms with Crippen LogP contribution in [0.2, 0.25) is 0 Å². The second-order valence-corrected chi connectivity index (χ2v) is 18.2. The van der Waals surface area contributed by atoms with E-state index in [2.05, 4.69) is 10.3 Å². The van der Waals surface area contributed by atoms with E-state index in [1.54, 1.807) is 61.0 Å². The summed E-state index contributed by atoms with van der Waals surface area (Å²) in [6, 6.07) is 1.28. The SMILES string of the molecule is CCO[C@@H](O[C@H]1[C@@H](CCn2cc(-c3ccsc3)nn2)C[C@@H](C)C(=O)/C=C/C(C)=C/[C@H](COC2OC(C)C(O)C(OC)C2OC)[C@@H](CC)OC(=O)CC[C@@H]1C)C(O)C([C@@H](C)O)N(C)C. The second kappa shape index (κ2) is 25.7. The molecule has 0 spiro atoms. The summed E-state index contributed by atoms with van der Waals surface area (Å²) in [5.74, 6) is -1.89. The van der Waals surface area contributed by atoms with Crippen LogP contribution in [0.3, 0.4) is 0 Å². The van der Waals surface area contributed by atoms with Crippen LogP contribution in [-0.2, 0) is 49.3 Å². The highest BCUT2D eigenvalue weighted by atomic mass is 32.1. The summed E-state index contributed by atoms with van der Waals surface area (Å²) in [4.78, 5) is 29.6. The Hall–Kier alpha value is -2.94. The number of methoxy groups -OCH3 is 2. The maximum Gasteiger partial charge on any atom is 0.306 e. The zero-order valence-electron chi connectivity index (χ0n) is 39.1. The lowest BCUT2D eigenvalue weighted by molar-refractivity contribution is -0.304. The largest absolute Gasteiger partial charge is 0.462 e. The minimum absolute atomic E-state index is 0.0697. The van der Waals surface area contributed by atoms with Gasteiger partial charge < -0.3 is 53.4 Å². The number of allylic oxidation sites excluding steroid dienone is 3. The molecule has 4 rings (SSSR count). The zero-order chi connectivity index (χ0) is 46.4. The maximum atomic E-state index is 14.0. The van der Waals surface area contributed by atoms with Gasteiger partial charge in [0.1, 0.15) is 36.2 Å². The molecule has 2 aromatic heterocycles. The van der Waals surface area contributed by atoms with Gasteiger partial charge in [-0.2, -0.15) is 11.3 Å². The number of aliphatic hydroxyl groups is 3. The predicted molar refractivity (Wildman–Crippen MR) is 239 cm³/mol. The lowest BCUT2D eigenvalue weighted by Gasteiger charge is -2.42. The molecule has 3 N–H and O–H groups in total. The first-order valence-electron chi connectivity index (χ1n) is 22.4. The molecular formula is C46H74N4O12S. The van der Waals surface area contributed by atoms with Crippen LogP contribution in [0.15, 0.2) is 46.8 Å². The van der Waals surface area contributed by atoms with E-state index >= 15 is 0 Å². The van der Waals surface area contributed by atoms with Crippen molar-refractivity contribution in [2.45, 2.75) is 155 Å². The van der Waals surface area contributed by atoms with Crippen molar-refractivity contribution in [1.82, 2.24) is 19.9 Å². The number of aliphatic hydroxyl groups excluding tert-OH is 3. The molecule has 2 aliphatic rings. The molecular weight excluding hydrogens is 833 g/mol. The molecule has 0 aromatic carbocycles. The van der Waals surface area contributed by atoms with Crippen LogP contribution in [0.5, 0.6) is 0 Å². The van der Waals surface area contributed by atoms with E-state index in [0.717, 1.165) is 16.8 Å². The van der Waals surface area contributed by atoms with Crippen LogP contribution in [-0.4, -0.2) is 156 Å². The molecule has 2 aliphatic heterocycles. The molecule has 0 amide bonds. The number of aryl methyl sites for hydroxylation is 1. The predicted octanol–water partition coefficient (Wildman–Crippen LogP) is 5.05. The van der Waals surface area contributed by atoms with Crippen molar-refractivity contribution in [1.29, 1.82) is 0 Å². The highest BCUT2D eigenvalue weighted by Crippen LogP contribution is 2.34. The summed E-state index contributed by atoms with van der Waals surface area (Å²) >= 11 is 1.58. The molecule has 1 saturated heterocycles. The number of carbonyl (C=O) groups excluding carboxylic acids is 2. The van der Waals surface area contributed by atoms with Gasteiger partial charge in [0.05, 0.1) is 37.2 Å². The second-order valence-electron chi connectivity index (χ2n) is 17.4. The zero-order valence-corrected chi connectivity index (χ0v) is 39.9. The van der Waals surface area contributed by atoms with Crippen LogP contribution in [0.4, 0.5) is 0 Å². The third-order valence-electron chi connectivity index (χ3n) is 12.3. The minimum Gasteiger partial charge on any atom is -0.462 e. The van der Waals surface area contributed by atoms with Gasteiger partial charge in [-0.1, -0.05) is 43.7 Å². The molecule has 15 atom stereocenters. The first kappa shape index (κ1) is 52.7. The monoisotopic (exact) mass is 907 g/mol. The van der Waals surface area contributed by atoms with E-state index in [1.807, 2.05) is 63.7 Å². The quantitative estimate of drug-likeness (QED) is 0.133. The van der Waals surface area contributed by atoms with E-state index in [9.17, 15) is 24.9 Å². The first-order valence-corrected chi connectivity index (χ1v) is 23.3. The summed E-state index contributed by atoms with van der Waals surface area (Å²) in [6.45, 7) is 13.7. The van der Waals surface area contributed by atoms with Crippen molar-refractivity contribution >= 4 is 23.1 Å². The summed E-state index contributed by atoms with van der Waals surface area (Å²) in [7, 11) is 6.55. The van der Waals surface area contributed by atoms with Crippen molar-refractivity contribution in [3.63, 3.8) is 0 Å². The van der Waals surface area contributed by atoms with Crippen LogP contribution >= 0.6 is 11.3 Å². The average Bonchev–Trinajstić information content (AvgIpc) is 3.96. The molecule has 356 valence electrons. The number of thiophene rings is 1. The van der Waals surface area contributed by atoms with Gasteiger partial charge in [0.15, 0.2) is 18.4 Å². The Morgan fingerprint density at radius 2 is 1.79 bits per heavy atom. The lowest BCUT2D eigenvalue weighted by atomic mass is 9.80. The minimum atomic E-state index is -1.24. The topological polar surface area (TPSA) is 193 Å². The molecule has 17 heteroatoms. The Bertz CT molecular complexity index is 1710. The fourth-order valence-electron chi connectivity index (χ4n) is 8.75. The van der Waals surface area contributed by atoms with Gasteiger partial charge in [0.25, 0.3) is 0 Å². The molecule has 0 bridgehead atoms. The smallest absolute Gasteiger partial charge is 0.306 e. The van der Waals surface area contributed by atoms with Crippen molar-refractivity contribution in [2.75, 3.05) is 41.5 Å². The van der Waals surface area contributed by atoms with Crippen molar-refractivity contribution in [2.24, 2.45) is 23.7 Å². The molecule has 0 aliphatic carbocycles. The fourth-order valence-corrected chi connectivity index (χ4v) is 9.40. The van der Waals surface area contributed by atoms with Crippen molar-refractivity contribution in [3.05, 3.63) is 46.8 Å². The van der Waals surface area contributed by atoms with Crippen molar-refractivity contribution < 1.29 is 58.1 Å². The van der Waals surface area contributed by atoms with Gasteiger partial charge in [-0.3, -0.25) is 14.3 Å². The summed E-state index contributed by atoms with van der Waals surface area (Å²) < 4.78 is 44.6. The Morgan fingerprint density at radius 3 is 2.41 bits per heavy atom. The number of cyclic esters (lactones) is 1. The first-order chi connectivity index (χ1) is 30.0. The van der Waals surface area contributed by atoms with Gasteiger partial charge in [-0.25, -0.2) is 0 Å². The standard InChI is InChI=1S/C46H74N4O12S/c1-12-37-34(25-59-46-44(57-11)43(56-10)40(54)31(7)60-46)22-27(3)14-16-36(52)29(5)23-32(18-20-50-24-35(47-48-50)33-19-21-63-26-33)42(28(4)15-17-38(53)61-37)62-45(58-13-2)41(55)39(30(6)51)49(8)9/h14,16,19,21-22,24,26,28-32,34,37,39-46,51,54-55H,12-13,15,17-18,20,23,25H2,1-11H3/b16-14+,27-22+/t28-,29+,30+,31?,32-,34+,37+,39?,40?,41?,42+,43?,44?,45-,46?/m0/s1. The molecule has 16 nitrogen and oxygen atoms in total. The number of aromatic nitrogens is 3. The summed E-state index contributed by atoms with van der Waals surface area (Å²) in [5, 5.41) is 46.0. The third-order valence-corrected chi connectivity index (χ3v) is 13.0. The number of hydrogen-bond acceptors (Lipinski definition) is 16. The van der Waals surface area contributed by atoms with Gasteiger partial charge in [-0.05, 0) is 96.8 Å². The van der Waals surface area contributed by atoms with Gasteiger partial charge in [0, 0.05) is 56.6 Å². The number of carbonyl (C=O) groups is 2. The molecule has 4 heterocycles.